The van der Waals surface area contributed by atoms with Crippen LogP contribution < -0.4 is 5.32 Å². The number of sulfonamides is 1. The van der Waals surface area contributed by atoms with E-state index in [1.54, 1.807) is 27.8 Å². The molecule has 3 rings (SSSR count). The predicted octanol–water partition coefficient (Wildman–Crippen LogP) is 3.66. The molecule has 0 atom stereocenters. The Labute approximate surface area is 166 Å². The summed E-state index contributed by atoms with van der Waals surface area (Å²) in [4.78, 5) is 9.23. The topological polar surface area (TPSA) is 75.2 Å². The van der Waals surface area contributed by atoms with Crippen LogP contribution in [0.1, 0.15) is 50.7 Å². The Balaban J connectivity index is 1.55. The predicted molar refractivity (Wildman–Crippen MR) is 110 cm³/mol. The highest BCUT2D eigenvalue weighted by Crippen LogP contribution is 2.25. The van der Waals surface area contributed by atoms with Crippen molar-refractivity contribution in [1.29, 1.82) is 0 Å². The van der Waals surface area contributed by atoms with Gasteiger partial charge in [-0.25, -0.2) is 18.4 Å². The summed E-state index contributed by atoms with van der Waals surface area (Å²) in [6.07, 6.45) is 5.22. The van der Waals surface area contributed by atoms with Crippen LogP contribution in [0.5, 0.6) is 0 Å². The van der Waals surface area contributed by atoms with Crippen molar-refractivity contribution in [2.24, 2.45) is 0 Å². The maximum Gasteiger partial charge on any atom is 0.244 e. The van der Waals surface area contributed by atoms with Crippen molar-refractivity contribution in [2.45, 2.75) is 56.8 Å². The van der Waals surface area contributed by atoms with Gasteiger partial charge in [-0.2, -0.15) is 4.31 Å². The highest BCUT2D eigenvalue weighted by molar-refractivity contribution is 7.89. The van der Waals surface area contributed by atoms with Crippen molar-refractivity contribution < 1.29 is 8.42 Å². The second-order valence-corrected chi connectivity index (χ2v) is 10.7. The first kappa shape index (κ1) is 20.2. The fourth-order valence-corrected chi connectivity index (χ4v) is 5.38. The summed E-state index contributed by atoms with van der Waals surface area (Å²) in [5.41, 5.74) is 1.15. The number of rotatable bonds is 6. The second kappa shape index (κ2) is 8.24. The normalized spacial score (nSPS) is 16.4. The van der Waals surface area contributed by atoms with Crippen molar-refractivity contribution in [3.63, 3.8) is 0 Å². The van der Waals surface area contributed by atoms with Gasteiger partial charge in [0.2, 0.25) is 10.0 Å². The van der Waals surface area contributed by atoms with E-state index >= 15 is 0 Å². The Morgan fingerprint density at radius 2 is 1.93 bits per heavy atom. The zero-order chi connectivity index (χ0) is 19.5. The average Bonchev–Trinajstić information content (AvgIpc) is 3.12. The highest BCUT2D eigenvalue weighted by atomic mass is 32.2. The van der Waals surface area contributed by atoms with Gasteiger partial charge in [-0.1, -0.05) is 27.2 Å². The third kappa shape index (κ3) is 5.06. The number of hydrogen-bond donors (Lipinski definition) is 1. The quantitative estimate of drug-likeness (QED) is 0.789. The zero-order valence-corrected chi connectivity index (χ0v) is 17.9. The standard InChI is InChI=1S/C19H28N4O2S2/c1-19(2,3)18-22-15(14-26-18)9-10-20-17-8-7-16(13-21-17)27(24,25)23-11-5-4-6-12-23/h7-8,13-14H,4-6,9-12H2,1-3H3,(H,20,21). The first-order valence-corrected chi connectivity index (χ1v) is 11.7. The SMILES string of the molecule is CC(C)(C)c1nc(CCNc2ccc(S(=O)(=O)N3CCCCC3)cn2)cs1. The van der Waals surface area contributed by atoms with E-state index in [1.165, 1.54) is 6.20 Å². The maximum absolute atomic E-state index is 12.6. The van der Waals surface area contributed by atoms with E-state index in [9.17, 15) is 8.42 Å². The van der Waals surface area contributed by atoms with Crippen LogP contribution in [0.3, 0.4) is 0 Å². The molecule has 3 heterocycles. The van der Waals surface area contributed by atoms with Gasteiger partial charge in [-0.3, -0.25) is 0 Å². The van der Waals surface area contributed by atoms with E-state index in [0.29, 0.717) is 25.5 Å². The summed E-state index contributed by atoms with van der Waals surface area (Å²) >= 11 is 1.70. The Morgan fingerprint density at radius 1 is 1.19 bits per heavy atom. The average molecular weight is 409 g/mol. The Kier molecular flexibility index (Phi) is 6.18. The Hall–Kier alpha value is -1.51. The molecule has 1 fully saturated rings. The fraction of sp³-hybridized carbons (Fsp3) is 0.579. The van der Waals surface area contributed by atoms with Crippen LogP contribution in [0.4, 0.5) is 5.82 Å². The summed E-state index contributed by atoms with van der Waals surface area (Å²) in [5, 5.41) is 6.49. The van der Waals surface area contributed by atoms with Gasteiger partial charge < -0.3 is 5.32 Å². The molecule has 1 aliphatic heterocycles. The molecule has 27 heavy (non-hydrogen) atoms. The molecule has 0 aromatic carbocycles. The zero-order valence-electron chi connectivity index (χ0n) is 16.2. The molecule has 1 N–H and O–H groups in total. The number of hydrogen-bond acceptors (Lipinski definition) is 6. The summed E-state index contributed by atoms with van der Waals surface area (Å²) in [6, 6.07) is 3.37. The molecular weight excluding hydrogens is 380 g/mol. The number of nitrogens with zero attached hydrogens (tertiary/aromatic N) is 3. The highest BCUT2D eigenvalue weighted by Gasteiger charge is 2.26. The van der Waals surface area contributed by atoms with Gasteiger partial charge in [-0.15, -0.1) is 11.3 Å². The Bertz CT molecular complexity index is 849. The fourth-order valence-electron chi connectivity index (χ4n) is 2.98. The van der Waals surface area contributed by atoms with E-state index in [1.807, 2.05) is 0 Å². The van der Waals surface area contributed by atoms with Crippen molar-refractivity contribution in [3.05, 3.63) is 34.4 Å². The third-order valence-corrected chi connectivity index (χ3v) is 7.77. The Morgan fingerprint density at radius 3 is 2.52 bits per heavy atom. The number of pyridine rings is 1. The minimum absolute atomic E-state index is 0.0770. The van der Waals surface area contributed by atoms with Crippen LogP contribution in [0.25, 0.3) is 0 Å². The van der Waals surface area contributed by atoms with Crippen molar-refractivity contribution >= 4 is 27.2 Å². The summed E-state index contributed by atoms with van der Waals surface area (Å²) in [5.74, 6) is 0.680. The smallest absolute Gasteiger partial charge is 0.244 e. The van der Waals surface area contributed by atoms with E-state index in [-0.39, 0.29) is 10.3 Å². The van der Waals surface area contributed by atoms with Crippen LogP contribution >= 0.6 is 11.3 Å². The maximum atomic E-state index is 12.6. The molecule has 6 nitrogen and oxygen atoms in total. The summed E-state index contributed by atoms with van der Waals surface area (Å²) < 4.78 is 26.8. The molecule has 0 saturated carbocycles. The number of thiazole rings is 1. The number of anilines is 1. The van der Waals surface area contributed by atoms with Crippen molar-refractivity contribution in [1.82, 2.24) is 14.3 Å². The monoisotopic (exact) mass is 408 g/mol. The molecule has 0 bridgehead atoms. The van der Waals surface area contributed by atoms with E-state index in [4.69, 9.17) is 0 Å². The number of nitrogens with one attached hydrogen (secondary N) is 1. The first-order valence-electron chi connectivity index (χ1n) is 9.42. The number of aromatic nitrogens is 2. The van der Waals surface area contributed by atoms with Crippen LogP contribution in [0, 0.1) is 0 Å². The third-order valence-electron chi connectivity index (χ3n) is 4.57. The molecule has 2 aromatic rings. The van der Waals surface area contributed by atoms with Crippen molar-refractivity contribution in [2.75, 3.05) is 25.0 Å². The molecule has 1 aliphatic rings. The lowest BCUT2D eigenvalue weighted by Crippen LogP contribution is -2.35. The van der Waals surface area contributed by atoms with Crippen molar-refractivity contribution in [3.8, 4) is 0 Å². The molecule has 0 unspecified atom stereocenters. The van der Waals surface area contributed by atoms with Gasteiger partial charge in [0, 0.05) is 43.0 Å². The minimum atomic E-state index is -3.42. The lowest BCUT2D eigenvalue weighted by Gasteiger charge is -2.25. The van der Waals surface area contributed by atoms with Gasteiger partial charge in [0.1, 0.15) is 10.7 Å². The molecule has 0 amide bonds. The lowest BCUT2D eigenvalue weighted by molar-refractivity contribution is 0.346. The summed E-state index contributed by atoms with van der Waals surface area (Å²) in [6.45, 7) is 8.41. The molecule has 8 heteroatoms. The lowest BCUT2D eigenvalue weighted by atomic mass is 9.98. The molecule has 1 saturated heterocycles. The van der Waals surface area contributed by atoms with Gasteiger partial charge in [-0.05, 0) is 25.0 Å². The molecule has 0 aliphatic carbocycles. The van der Waals surface area contributed by atoms with Gasteiger partial charge >= 0.3 is 0 Å². The van der Waals surface area contributed by atoms with E-state index < -0.39 is 10.0 Å². The van der Waals surface area contributed by atoms with Gasteiger partial charge in [0.15, 0.2) is 0 Å². The molecular formula is C19H28N4O2S2. The van der Waals surface area contributed by atoms with Crippen LogP contribution in [0.2, 0.25) is 0 Å². The first-order chi connectivity index (χ1) is 12.8. The van der Waals surface area contributed by atoms with E-state index in [2.05, 4.69) is 41.4 Å². The van der Waals surface area contributed by atoms with Crippen LogP contribution in [0.15, 0.2) is 28.6 Å². The molecule has 2 aromatic heterocycles. The molecule has 0 radical (unpaired) electrons. The van der Waals surface area contributed by atoms with Crippen LogP contribution in [-0.4, -0.2) is 42.3 Å². The minimum Gasteiger partial charge on any atom is -0.370 e. The van der Waals surface area contributed by atoms with Gasteiger partial charge in [0.05, 0.1) is 10.7 Å². The van der Waals surface area contributed by atoms with Gasteiger partial charge in [0.25, 0.3) is 0 Å². The molecule has 148 valence electrons. The summed E-state index contributed by atoms with van der Waals surface area (Å²) in [7, 11) is -3.42. The van der Waals surface area contributed by atoms with E-state index in [0.717, 1.165) is 36.4 Å². The van der Waals surface area contributed by atoms with Crippen LogP contribution in [-0.2, 0) is 21.9 Å². The second-order valence-electron chi connectivity index (χ2n) is 7.91. The number of piperidine rings is 1. The largest absolute Gasteiger partial charge is 0.370 e. The molecule has 0 spiro atoms.